The summed E-state index contributed by atoms with van der Waals surface area (Å²) < 4.78 is 9.70. The van der Waals surface area contributed by atoms with Crippen LogP contribution >= 0.6 is 0 Å². The lowest BCUT2D eigenvalue weighted by atomic mass is 9.87. The van der Waals surface area contributed by atoms with E-state index < -0.39 is 22.8 Å². The van der Waals surface area contributed by atoms with Crippen LogP contribution in [0.1, 0.15) is 19.4 Å². The van der Waals surface area contributed by atoms with Crippen LogP contribution in [0, 0.1) is 11.3 Å². The molecule has 2 rings (SSSR count). The molecule has 0 unspecified atom stereocenters. The average Bonchev–Trinajstić information content (AvgIpc) is 2.97. The maximum atomic E-state index is 12.2. The summed E-state index contributed by atoms with van der Waals surface area (Å²) in [6.07, 6.45) is 0. The SMILES string of the molecule is COC(=O)C1(C(=O)OC)[C@H](C)[C@]1(C)c1ccccc1. The Kier molecular flexibility index (Phi) is 3.12. The fourth-order valence-electron chi connectivity index (χ4n) is 3.29. The third-order valence-electron chi connectivity index (χ3n) is 4.64. The number of benzene rings is 1. The van der Waals surface area contributed by atoms with E-state index in [-0.39, 0.29) is 5.92 Å². The van der Waals surface area contributed by atoms with Crippen molar-refractivity contribution in [1.82, 2.24) is 0 Å². The van der Waals surface area contributed by atoms with E-state index in [9.17, 15) is 9.59 Å². The Morgan fingerprint density at radius 2 is 1.53 bits per heavy atom. The van der Waals surface area contributed by atoms with Gasteiger partial charge in [0.25, 0.3) is 0 Å². The van der Waals surface area contributed by atoms with Crippen molar-refractivity contribution >= 4 is 11.9 Å². The Labute approximate surface area is 112 Å². The lowest BCUT2D eigenvalue weighted by molar-refractivity contribution is -0.163. The molecule has 1 saturated carbocycles. The van der Waals surface area contributed by atoms with Crippen LogP contribution in [0.4, 0.5) is 0 Å². The van der Waals surface area contributed by atoms with Gasteiger partial charge in [-0.2, -0.15) is 0 Å². The molecular weight excluding hydrogens is 244 g/mol. The van der Waals surface area contributed by atoms with E-state index in [1.807, 2.05) is 44.2 Å². The largest absolute Gasteiger partial charge is 0.468 e. The minimum Gasteiger partial charge on any atom is -0.468 e. The lowest BCUT2D eigenvalue weighted by Crippen LogP contribution is -2.35. The van der Waals surface area contributed by atoms with Gasteiger partial charge >= 0.3 is 11.9 Å². The topological polar surface area (TPSA) is 52.6 Å². The monoisotopic (exact) mass is 262 g/mol. The molecule has 19 heavy (non-hydrogen) atoms. The van der Waals surface area contributed by atoms with Crippen LogP contribution in [0.2, 0.25) is 0 Å². The van der Waals surface area contributed by atoms with Crippen LogP contribution in [0.15, 0.2) is 30.3 Å². The highest BCUT2D eigenvalue weighted by molar-refractivity contribution is 6.07. The van der Waals surface area contributed by atoms with E-state index in [1.54, 1.807) is 0 Å². The molecule has 4 nitrogen and oxygen atoms in total. The molecule has 0 spiro atoms. The number of ether oxygens (including phenoxy) is 2. The van der Waals surface area contributed by atoms with Gasteiger partial charge in [0.1, 0.15) is 0 Å². The first-order chi connectivity index (χ1) is 8.97. The lowest BCUT2D eigenvalue weighted by Gasteiger charge is -2.18. The smallest absolute Gasteiger partial charge is 0.324 e. The van der Waals surface area contributed by atoms with Crippen LogP contribution in [0.5, 0.6) is 0 Å². The molecule has 4 heteroatoms. The Balaban J connectivity index is 2.54. The zero-order chi connectivity index (χ0) is 14.3. The average molecular weight is 262 g/mol. The van der Waals surface area contributed by atoms with E-state index in [0.29, 0.717) is 0 Å². The van der Waals surface area contributed by atoms with E-state index >= 15 is 0 Å². The predicted molar refractivity (Wildman–Crippen MR) is 69.4 cm³/mol. The summed E-state index contributed by atoms with van der Waals surface area (Å²) in [7, 11) is 2.59. The van der Waals surface area contributed by atoms with E-state index in [2.05, 4.69) is 0 Å². The van der Waals surface area contributed by atoms with E-state index in [1.165, 1.54) is 14.2 Å². The Hall–Kier alpha value is -1.84. The normalized spacial score (nSPS) is 27.5. The third kappa shape index (κ3) is 1.46. The molecule has 0 amide bonds. The first kappa shape index (κ1) is 13.6. The Morgan fingerprint density at radius 1 is 1.05 bits per heavy atom. The number of rotatable bonds is 3. The molecule has 1 fully saturated rings. The summed E-state index contributed by atoms with van der Waals surface area (Å²) >= 11 is 0. The summed E-state index contributed by atoms with van der Waals surface area (Å²) in [5, 5.41) is 0. The van der Waals surface area contributed by atoms with Gasteiger partial charge in [0.05, 0.1) is 14.2 Å². The van der Waals surface area contributed by atoms with Gasteiger partial charge in [-0.3, -0.25) is 9.59 Å². The van der Waals surface area contributed by atoms with Gasteiger partial charge in [-0.1, -0.05) is 44.2 Å². The van der Waals surface area contributed by atoms with Crippen LogP contribution in [-0.4, -0.2) is 26.2 Å². The molecule has 0 aromatic heterocycles. The second kappa shape index (κ2) is 4.37. The molecule has 1 aromatic carbocycles. The molecule has 1 aliphatic carbocycles. The van der Waals surface area contributed by atoms with Gasteiger partial charge in [0.15, 0.2) is 5.41 Å². The minimum atomic E-state index is -1.24. The molecule has 0 heterocycles. The van der Waals surface area contributed by atoms with Crippen molar-refractivity contribution < 1.29 is 19.1 Å². The second-order valence-electron chi connectivity index (χ2n) is 5.08. The van der Waals surface area contributed by atoms with Gasteiger partial charge in [0.2, 0.25) is 0 Å². The van der Waals surface area contributed by atoms with Crippen molar-refractivity contribution in [3.63, 3.8) is 0 Å². The van der Waals surface area contributed by atoms with Crippen molar-refractivity contribution in [1.29, 1.82) is 0 Å². The maximum absolute atomic E-state index is 12.2. The summed E-state index contributed by atoms with van der Waals surface area (Å²) in [5.74, 6) is -1.22. The number of carbonyl (C=O) groups excluding carboxylic acids is 2. The number of methoxy groups -OCH3 is 2. The molecule has 1 aromatic rings. The van der Waals surface area contributed by atoms with E-state index in [4.69, 9.17) is 9.47 Å². The van der Waals surface area contributed by atoms with E-state index in [0.717, 1.165) is 5.56 Å². The van der Waals surface area contributed by atoms with Gasteiger partial charge in [0, 0.05) is 5.41 Å². The number of hydrogen-bond acceptors (Lipinski definition) is 4. The highest BCUT2D eigenvalue weighted by Crippen LogP contribution is 2.70. The Morgan fingerprint density at radius 3 is 1.95 bits per heavy atom. The van der Waals surface area contributed by atoms with Gasteiger partial charge < -0.3 is 9.47 Å². The predicted octanol–water partition coefficient (Wildman–Crippen LogP) is 1.93. The van der Waals surface area contributed by atoms with Crippen molar-refractivity contribution in [2.24, 2.45) is 11.3 Å². The number of carbonyl (C=O) groups is 2. The quantitative estimate of drug-likeness (QED) is 0.617. The van der Waals surface area contributed by atoms with Gasteiger partial charge in [-0.15, -0.1) is 0 Å². The standard InChI is InChI=1S/C15H18O4/c1-10-14(2,11-8-6-5-7-9-11)15(10,12(16)18-3)13(17)19-4/h5-10H,1-4H3/t10-,14-/m1/s1. The fraction of sp³-hybridized carbons (Fsp3) is 0.467. The molecule has 0 aliphatic heterocycles. The summed E-state index contributed by atoms with van der Waals surface area (Å²) in [6.45, 7) is 3.78. The summed E-state index contributed by atoms with van der Waals surface area (Å²) in [6, 6.07) is 9.53. The molecule has 0 saturated heterocycles. The van der Waals surface area contributed by atoms with Crippen molar-refractivity contribution in [2.75, 3.05) is 14.2 Å². The number of esters is 2. The highest BCUT2D eigenvalue weighted by Gasteiger charge is 2.82. The Bertz CT molecular complexity index is 492. The van der Waals surface area contributed by atoms with Gasteiger partial charge in [-0.05, 0) is 11.5 Å². The first-order valence-corrected chi connectivity index (χ1v) is 6.20. The van der Waals surface area contributed by atoms with Crippen LogP contribution in [-0.2, 0) is 24.5 Å². The summed E-state index contributed by atoms with van der Waals surface area (Å²) in [5.41, 5.74) is -0.884. The molecule has 0 radical (unpaired) electrons. The van der Waals surface area contributed by atoms with Gasteiger partial charge in [-0.25, -0.2) is 0 Å². The molecule has 0 N–H and O–H groups in total. The summed E-state index contributed by atoms with van der Waals surface area (Å²) in [4.78, 5) is 24.3. The van der Waals surface area contributed by atoms with Crippen molar-refractivity contribution in [3.05, 3.63) is 35.9 Å². The first-order valence-electron chi connectivity index (χ1n) is 6.20. The highest BCUT2D eigenvalue weighted by atomic mass is 16.5. The van der Waals surface area contributed by atoms with Crippen molar-refractivity contribution in [3.8, 4) is 0 Å². The zero-order valence-corrected chi connectivity index (χ0v) is 11.6. The molecule has 1 aliphatic rings. The molecule has 0 bridgehead atoms. The molecule has 102 valence electrons. The van der Waals surface area contributed by atoms with Crippen LogP contribution < -0.4 is 0 Å². The van der Waals surface area contributed by atoms with Crippen LogP contribution in [0.25, 0.3) is 0 Å². The number of hydrogen-bond donors (Lipinski definition) is 0. The molecular formula is C15H18O4. The molecule has 2 atom stereocenters. The second-order valence-corrected chi connectivity index (χ2v) is 5.08. The zero-order valence-electron chi connectivity index (χ0n) is 11.6. The minimum absolute atomic E-state index is 0.165. The maximum Gasteiger partial charge on any atom is 0.324 e. The van der Waals surface area contributed by atoms with Crippen molar-refractivity contribution in [2.45, 2.75) is 19.3 Å². The third-order valence-corrected chi connectivity index (χ3v) is 4.64. The fourth-order valence-corrected chi connectivity index (χ4v) is 3.29. The van der Waals surface area contributed by atoms with Crippen LogP contribution in [0.3, 0.4) is 0 Å².